The number of nitrogens with zero attached hydrogens (tertiary/aromatic N) is 3. The highest BCUT2D eigenvalue weighted by Crippen LogP contribution is 2.20. The molecule has 0 spiro atoms. The van der Waals surface area contributed by atoms with Crippen molar-refractivity contribution in [2.24, 2.45) is 0 Å². The fourth-order valence-corrected chi connectivity index (χ4v) is 2.50. The molecule has 1 aromatic rings. The number of aromatic carboxylic acids is 1. The highest BCUT2D eigenvalue weighted by Gasteiger charge is 2.23. The molecule has 104 valence electrons. The van der Waals surface area contributed by atoms with E-state index in [0.717, 1.165) is 37.6 Å². The van der Waals surface area contributed by atoms with Crippen molar-refractivity contribution in [3.63, 3.8) is 0 Å². The third-order valence-corrected chi connectivity index (χ3v) is 3.60. The number of aromatic nitrogens is 1. The van der Waals surface area contributed by atoms with Crippen LogP contribution in [0.1, 0.15) is 29.9 Å². The minimum atomic E-state index is -0.889. The van der Waals surface area contributed by atoms with Crippen LogP contribution < -0.4 is 4.90 Å². The molecule has 1 aromatic heterocycles. The third-order valence-electron chi connectivity index (χ3n) is 3.60. The summed E-state index contributed by atoms with van der Waals surface area (Å²) in [4.78, 5) is 20.2. The van der Waals surface area contributed by atoms with Crippen LogP contribution in [0.3, 0.4) is 0 Å². The van der Waals surface area contributed by atoms with E-state index >= 15 is 0 Å². The van der Waals surface area contributed by atoms with Gasteiger partial charge >= 0.3 is 5.97 Å². The first-order valence-corrected chi connectivity index (χ1v) is 6.70. The molecule has 0 saturated carbocycles. The third kappa shape index (κ3) is 3.04. The van der Waals surface area contributed by atoms with Crippen LogP contribution in [0, 0.1) is 0 Å². The molecule has 0 radical (unpaired) electrons. The lowest BCUT2D eigenvalue weighted by Crippen LogP contribution is -2.50. The summed E-state index contributed by atoms with van der Waals surface area (Å²) in [7, 11) is 2.10. The van der Waals surface area contributed by atoms with Crippen LogP contribution in [0.2, 0.25) is 0 Å². The first kappa shape index (κ1) is 13.8. The summed E-state index contributed by atoms with van der Waals surface area (Å²) in [5.41, 5.74) is 1.16. The largest absolute Gasteiger partial charge is 0.478 e. The molecule has 5 heteroatoms. The first-order chi connectivity index (χ1) is 9.01. The van der Waals surface area contributed by atoms with Crippen LogP contribution in [0.5, 0.6) is 0 Å². The van der Waals surface area contributed by atoms with Gasteiger partial charge in [-0.05, 0) is 32.5 Å². The van der Waals surface area contributed by atoms with Gasteiger partial charge in [0.25, 0.3) is 0 Å². The number of carbonyl (C=O) groups is 1. The van der Waals surface area contributed by atoms with Gasteiger partial charge in [0.15, 0.2) is 0 Å². The topological polar surface area (TPSA) is 56.7 Å². The molecule has 0 aromatic carbocycles. The van der Waals surface area contributed by atoms with Crippen molar-refractivity contribution < 1.29 is 9.90 Å². The number of carboxylic acid groups (broad SMARTS) is 1. The molecular formula is C14H21N3O2. The SMILES string of the molecule is CCc1cc(C(=O)O)cc(N2CCN(C)CC2C)n1. The van der Waals surface area contributed by atoms with Crippen LogP contribution in [0.4, 0.5) is 5.82 Å². The van der Waals surface area contributed by atoms with Crippen LogP contribution in [-0.2, 0) is 6.42 Å². The number of hydrogen-bond donors (Lipinski definition) is 1. The summed E-state index contributed by atoms with van der Waals surface area (Å²) in [5.74, 6) is -0.0996. The molecule has 19 heavy (non-hydrogen) atoms. The standard InChI is InChI=1S/C14H21N3O2/c1-4-12-7-11(14(18)19)8-13(15-12)17-6-5-16(3)9-10(17)2/h7-8,10H,4-6,9H2,1-3H3,(H,18,19). The number of hydrogen-bond acceptors (Lipinski definition) is 4. The number of anilines is 1. The van der Waals surface area contributed by atoms with Crippen LogP contribution in [0.15, 0.2) is 12.1 Å². The zero-order valence-corrected chi connectivity index (χ0v) is 11.8. The van der Waals surface area contributed by atoms with Crippen LogP contribution in [0.25, 0.3) is 0 Å². The van der Waals surface area contributed by atoms with E-state index < -0.39 is 5.97 Å². The molecular weight excluding hydrogens is 242 g/mol. The second-order valence-electron chi connectivity index (χ2n) is 5.17. The lowest BCUT2D eigenvalue weighted by atomic mass is 10.1. The van der Waals surface area contributed by atoms with Crippen molar-refractivity contribution in [2.45, 2.75) is 26.3 Å². The monoisotopic (exact) mass is 263 g/mol. The van der Waals surface area contributed by atoms with Gasteiger partial charge in [-0.25, -0.2) is 9.78 Å². The fraction of sp³-hybridized carbons (Fsp3) is 0.571. The molecule has 2 heterocycles. The highest BCUT2D eigenvalue weighted by molar-refractivity contribution is 5.88. The van der Waals surface area contributed by atoms with Crippen LogP contribution >= 0.6 is 0 Å². The lowest BCUT2D eigenvalue weighted by Gasteiger charge is -2.39. The second-order valence-corrected chi connectivity index (χ2v) is 5.17. The van der Waals surface area contributed by atoms with E-state index in [4.69, 9.17) is 0 Å². The summed E-state index contributed by atoms with van der Waals surface area (Å²) in [5, 5.41) is 9.18. The number of rotatable bonds is 3. The Balaban J connectivity index is 2.33. The van der Waals surface area contributed by atoms with Gasteiger partial charge in [0, 0.05) is 31.4 Å². The van der Waals surface area contributed by atoms with Crippen molar-refractivity contribution in [1.82, 2.24) is 9.88 Å². The summed E-state index contributed by atoms with van der Waals surface area (Å²) >= 11 is 0. The van der Waals surface area contributed by atoms with E-state index in [9.17, 15) is 9.90 Å². The summed E-state index contributed by atoms with van der Waals surface area (Å²) in [6.07, 6.45) is 0.746. The molecule has 1 unspecified atom stereocenters. The summed E-state index contributed by atoms with van der Waals surface area (Å²) in [6, 6.07) is 3.69. The summed E-state index contributed by atoms with van der Waals surface area (Å²) < 4.78 is 0. The molecule has 0 bridgehead atoms. The van der Waals surface area contributed by atoms with Gasteiger partial charge in [-0.3, -0.25) is 0 Å². The van der Waals surface area contributed by atoms with Crippen molar-refractivity contribution in [1.29, 1.82) is 0 Å². The molecule has 0 aliphatic carbocycles. The Kier molecular flexibility index (Phi) is 4.04. The molecule has 0 amide bonds. The van der Waals surface area contributed by atoms with Crippen molar-refractivity contribution >= 4 is 11.8 Å². The predicted octanol–water partition coefficient (Wildman–Crippen LogP) is 1.48. The van der Waals surface area contributed by atoms with Crippen molar-refractivity contribution in [3.05, 3.63) is 23.4 Å². The average Bonchev–Trinajstić information content (AvgIpc) is 2.38. The molecule has 5 nitrogen and oxygen atoms in total. The minimum Gasteiger partial charge on any atom is -0.478 e. The molecule has 1 N–H and O–H groups in total. The molecule has 1 atom stereocenters. The second kappa shape index (κ2) is 5.57. The van der Waals surface area contributed by atoms with Crippen molar-refractivity contribution in [2.75, 3.05) is 31.6 Å². The fourth-order valence-electron chi connectivity index (χ4n) is 2.50. The molecule has 2 rings (SSSR count). The Bertz CT molecular complexity index is 476. The zero-order chi connectivity index (χ0) is 14.0. The molecule has 1 saturated heterocycles. The van der Waals surface area contributed by atoms with E-state index in [1.165, 1.54) is 0 Å². The number of likely N-dealkylation sites (N-methyl/N-ethyl adjacent to an activating group) is 1. The maximum absolute atomic E-state index is 11.2. The van der Waals surface area contributed by atoms with Gasteiger partial charge in [0.2, 0.25) is 0 Å². The highest BCUT2D eigenvalue weighted by atomic mass is 16.4. The van der Waals surface area contributed by atoms with Crippen LogP contribution in [-0.4, -0.2) is 53.7 Å². The van der Waals surface area contributed by atoms with Gasteiger partial charge in [-0.15, -0.1) is 0 Å². The number of pyridine rings is 1. The molecule has 1 aliphatic rings. The number of aryl methyl sites for hydroxylation is 1. The van der Waals surface area contributed by atoms with E-state index in [-0.39, 0.29) is 0 Å². The van der Waals surface area contributed by atoms with Gasteiger partial charge < -0.3 is 14.9 Å². The van der Waals surface area contributed by atoms with E-state index in [2.05, 4.69) is 28.8 Å². The van der Waals surface area contributed by atoms with E-state index in [0.29, 0.717) is 11.6 Å². The Morgan fingerprint density at radius 2 is 2.21 bits per heavy atom. The van der Waals surface area contributed by atoms with Gasteiger partial charge in [0.1, 0.15) is 5.82 Å². The number of carboxylic acids is 1. The maximum atomic E-state index is 11.2. The van der Waals surface area contributed by atoms with Gasteiger partial charge in [-0.2, -0.15) is 0 Å². The first-order valence-electron chi connectivity index (χ1n) is 6.70. The van der Waals surface area contributed by atoms with Gasteiger partial charge in [0.05, 0.1) is 5.56 Å². The normalized spacial score (nSPS) is 20.6. The van der Waals surface area contributed by atoms with E-state index in [1.54, 1.807) is 12.1 Å². The average molecular weight is 263 g/mol. The Labute approximate surface area is 113 Å². The Morgan fingerprint density at radius 1 is 1.47 bits per heavy atom. The Hall–Kier alpha value is -1.62. The van der Waals surface area contributed by atoms with Crippen molar-refractivity contribution in [3.8, 4) is 0 Å². The zero-order valence-electron chi connectivity index (χ0n) is 11.8. The lowest BCUT2D eigenvalue weighted by molar-refractivity contribution is 0.0696. The predicted molar refractivity (Wildman–Crippen MR) is 74.9 cm³/mol. The minimum absolute atomic E-state index is 0.327. The Morgan fingerprint density at radius 3 is 2.79 bits per heavy atom. The van der Waals surface area contributed by atoms with E-state index in [1.807, 2.05) is 6.92 Å². The summed E-state index contributed by atoms with van der Waals surface area (Å²) in [6.45, 7) is 6.98. The molecule has 1 aliphatic heterocycles. The van der Waals surface area contributed by atoms with Gasteiger partial charge in [-0.1, -0.05) is 6.92 Å². The smallest absolute Gasteiger partial charge is 0.335 e. The maximum Gasteiger partial charge on any atom is 0.335 e. The molecule has 1 fully saturated rings. The number of piperazine rings is 1. The quantitative estimate of drug-likeness (QED) is 0.895.